The van der Waals surface area contributed by atoms with Crippen LogP contribution < -0.4 is 57.1 Å². The van der Waals surface area contributed by atoms with Crippen LogP contribution in [0.5, 0.6) is 0 Å². The third kappa shape index (κ3) is 5.50. The van der Waals surface area contributed by atoms with Crippen LogP contribution in [-0.2, 0) is 7.05 Å². The minimum Gasteiger partial charge on any atom is -0.469 e. The average Bonchev–Trinajstić information content (AvgIpc) is 3.49. The summed E-state index contributed by atoms with van der Waals surface area (Å²) in [6, 6.07) is 8.57. The summed E-state index contributed by atoms with van der Waals surface area (Å²) in [4.78, 5) is 8.48. The Bertz CT molecular complexity index is 1180. The number of fused-ring (bicyclic) bond motifs is 1. The summed E-state index contributed by atoms with van der Waals surface area (Å²) in [7, 11) is 3.63. The van der Waals surface area contributed by atoms with E-state index in [-0.39, 0.29) is 57.2 Å². The van der Waals surface area contributed by atoms with E-state index in [0.29, 0.717) is 22.9 Å². The zero-order chi connectivity index (χ0) is 21.3. The normalized spacial score (nSPS) is 12.6. The molecule has 3 heterocycles. The summed E-state index contributed by atoms with van der Waals surface area (Å²) < 4.78 is 16.0. The van der Waals surface area contributed by atoms with Gasteiger partial charge in [-0.1, -0.05) is 37.3 Å². The fourth-order valence-electron chi connectivity index (χ4n) is 3.44. The third-order valence-electron chi connectivity index (χ3n) is 5.21. The summed E-state index contributed by atoms with van der Waals surface area (Å²) >= 11 is 0. The fourth-order valence-corrected chi connectivity index (χ4v) is 3.44. The van der Waals surface area contributed by atoms with Gasteiger partial charge in [-0.2, -0.15) is 5.10 Å². The van der Waals surface area contributed by atoms with Gasteiger partial charge in [-0.15, -0.1) is 0 Å². The molecule has 0 unspecified atom stereocenters. The predicted molar refractivity (Wildman–Crippen MR) is 118 cm³/mol. The standard InChI is InChI=1S/C16H14FN4.C7H10N2.K/c1-9-4-3-5-12(17)15(9)13-6-10-7-14(19-2)20-8-11(10)16(18)21-13;1-9-5-7(4-8-9)6-2-3-6;/h3-8H,1-2H3,(H2-,18,19,20,21);4-6H,2-3H2,1H3;/q-1;;+1. The van der Waals surface area contributed by atoms with Crippen LogP contribution in [0.2, 0.25) is 0 Å². The number of hydrogen-bond donors (Lipinski definition) is 1. The monoisotopic (exact) mass is 442 g/mol. The average molecular weight is 443 g/mol. The molecule has 0 atom stereocenters. The van der Waals surface area contributed by atoms with Crippen molar-refractivity contribution in [1.82, 2.24) is 19.7 Å². The molecule has 6 nitrogen and oxygen atoms in total. The number of nitrogen functional groups attached to an aromatic ring is 1. The van der Waals surface area contributed by atoms with Crippen molar-refractivity contribution in [3.8, 4) is 11.3 Å². The van der Waals surface area contributed by atoms with E-state index in [1.54, 1.807) is 19.3 Å². The fraction of sp³-hybridized carbons (Fsp3) is 0.261. The summed E-state index contributed by atoms with van der Waals surface area (Å²) in [5, 5.41) is 9.72. The molecular formula is C23H24FKN6. The van der Waals surface area contributed by atoms with Crippen molar-refractivity contribution in [2.45, 2.75) is 25.7 Å². The molecule has 0 radical (unpaired) electrons. The number of rotatable bonds is 3. The Kier molecular flexibility index (Phi) is 7.82. The summed E-state index contributed by atoms with van der Waals surface area (Å²) in [6.45, 7) is 1.85. The quantitative estimate of drug-likeness (QED) is 0.494. The molecule has 0 spiro atoms. The van der Waals surface area contributed by atoms with Crippen LogP contribution in [-0.4, -0.2) is 26.8 Å². The molecule has 0 saturated heterocycles. The molecule has 1 aliphatic rings. The molecule has 154 valence electrons. The predicted octanol–water partition coefficient (Wildman–Crippen LogP) is 2.26. The first-order chi connectivity index (χ1) is 14.5. The van der Waals surface area contributed by atoms with E-state index in [1.165, 1.54) is 24.5 Å². The molecule has 2 N–H and O–H groups in total. The van der Waals surface area contributed by atoms with E-state index in [4.69, 9.17) is 5.73 Å². The van der Waals surface area contributed by atoms with Gasteiger partial charge in [-0.3, -0.25) is 4.68 Å². The minimum absolute atomic E-state index is 0. The van der Waals surface area contributed by atoms with Crippen LogP contribution in [0.4, 0.5) is 16.0 Å². The van der Waals surface area contributed by atoms with E-state index in [2.05, 4.69) is 26.6 Å². The first kappa shape index (κ1) is 23.8. The van der Waals surface area contributed by atoms with E-state index < -0.39 is 0 Å². The van der Waals surface area contributed by atoms with Gasteiger partial charge in [0.05, 0.1) is 11.9 Å². The molecule has 31 heavy (non-hydrogen) atoms. The van der Waals surface area contributed by atoms with Crippen LogP contribution >= 0.6 is 0 Å². The molecule has 1 saturated carbocycles. The number of hydrogen-bond acceptors (Lipinski definition) is 4. The number of halogens is 1. The number of aromatic nitrogens is 4. The van der Waals surface area contributed by atoms with Crippen molar-refractivity contribution in [2.24, 2.45) is 7.05 Å². The number of pyridine rings is 2. The SMILES string of the molecule is C[N-]c1cc2cc(-c3c(C)cccc3F)nc(N)c2cn1.Cn1cc(C2CC2)cn1.[K+]. The van der Waals surface area contributed by atoms with E-state index in [9.17, 15) is 4.39 Å². The zero-order valence-corrected chi connectivity index (χ0v) is 21.4. The molecule has 4 aromatic rings. The molecule has 5 rings (SSSR count). The summed E-state index contributed by atoms with van der Waals surface area (Å²) in [5.74, 6) is 1.47. The second-order valence-electron chi connectivity index (χ2n) is 7.53. The molecule has 3 aromatic heterocycles. The largest absolute Gasteiger partial charge is 1.00 e. The Hall–Kier alpha value is -1.84. The maximum absolute atomic E-state index is 14.1. The van der Waals surface area contributed by atoms with Gasteiger partial charge in [0.15, 0.2) is 0 Å². The van der Waals surface area contributed by atoms with Crippen molar-refractivity contribution in [2.75, 3.05) is 12.8 Å². The van der Waals surface area contributed by atoms with Gasteiger partial charge in [-0.05, 0) is 54.3 Å². The Morgan fingerprint density at radius 3 is 2.58 bits per heavy atom. The van der Waals surface area contributed by atoms with Crippen LogP contribution in [0.1, 0.15) is 29.9 Å². The number of benzene rings is 1. The Labute approximate surface area is 223 Å². The molecule has 1 aromatic carbocycles. The van der Waals surface area contributed by atoms with Gasteiger partial charge in [0.2, 0.25) is 0 Å². The van der Waals surface area contributed by atoms with Crippen LogP contribution in [0.25, 0.3) is 27.3 Å². The summed E-state index contributed by atoms with van der Waals surface area (Å²) in [6.07, 6.45) is 8.45. The molecule has 0 aliphatic heterocycles. The Morgan fingerprint density at radius 1 is 1.19 bits per heavy atom. The number of nitrogens with zero attached hydrogens (tertiary/aromatic N) is 5. The third-order valence-corrected chi connectivity index (χ3v) is 5.21. The van der Waals surface area contributed by atoms with E-state index >= 15 is 0 Å². The van der Waals surface area contributed by atoms with Gasteiger partial charge in [0.25, 0.3) is 0 Å². The van der Waals surface area contributed by atoms with Crippen LogP contribution in [0.3, 0.4) is 0 Å². The van der Waals surface area contributed by atoms with Crippen molar-refractivity contribution in [3.63, 3.8) is 0 Å². The van der Waals surface area contributed by atoms with Gasteiger partial charge in [-0.25, -0.2) is 9.37 Å². The summed E-state index contributed by atoms with van der Waals surface area (Å²) in [5.41, 5.74) is 9.20. The van der Waals surface area contributed by atoms with Gasteiger partial charge in [0, 0.05) is 24.2 Å². The maximum Gasteiger partial charge on any atom is 1.00 e. The van der Waals surface area contributed by atoms with Crippen LogP contribution in [0.15, 0.2) is 48.9 Å². The smallest absolute Gasteiger partial charge is 0.469 e. The second-order valence-corrected chi connectivity index (χ2v) is 7.53. The molecule has 1 fully saturated rings. The van der Waals surface area contributed by atoms with Gasteiger partial charge >= 0.3 is 51.4 Å². The van der Waals surface area contributed by atoms with Crippen molar-refractivity contribution in [3.05, 3.63) is 71.2 Å². The second kappa shape index (κ2) is 10.2. The van der Waals surface area contributed by atoms with Crippen molar-refractivity contribution >= 4 is 22.4 Å². The number of anilines is 1. The van der Waals surface area contributed by atoms with E-state index in [1.807, 2.05) is 43.0 Å². The first-order valence-electron chi connectivity index (χ1n) is 9.86. The molecule has 0 amide bonds. The zero-order valence-electron chi connectivity index (χ0n) is 18.3. The maximum atomic E-state index is 14.1. The topological polar surface area (TPSA) is 83.7 Å². The Balaban J connectivity index is 0.000000227. The van der Waals surface area contributed by atoms with Gasteiger partial charge in [0.1, 0.15) is 11.6 Å². The van der Waals surface area contributed by atoms with E-state index in [0.717, 1.165) is 22.3 Å². The minimum atomic E-state index is -0.310. The molecular weight excluding hydrogens is 418 g/mol. The van der Waals surface area contributed by atoms with Gasteiger partial charge < -0.3 is 16.0 Å². The number of aryl methyl sites for hydroxylation is 2. The molecule has 0 bridgehead atoms. The Morgan fingerprint density at radius 2 is 1.97 bits per heavy atom. The van der Waals surface area contributed by atoms with Crippen molar-refractivity contribution < 1.29 is 55.8 Å². The molecule has 8 heteroatoms. The first-order valence-corrected chi connectivity index (χ1v) is 9.86. The van der Waals surface area contributed by atoms with Crippen molar-refractivity contribution in [1.29, 1.82) is 0 Å². The molecule has 1 aliphatic carbocycles. The number of nitrogens with two attached hydrogens (primary N) is 1. The van der Waals surface area contributed by atoms with Crippen LogP contribution in [0, 0.1) is 12.7 Å².